The number of fused-ring (bicyclic) bond motifs is 1. The van der Waals surface area contributed by atoms with Gasteiger partial charge in [0.05, 0.1) is 10.7 Å². The molecule has 3 rings (SSSR count). The van der Waals surface area contributed by atoms with Gasteiger partial charge in [-0.25, -0.2) is 4.98 Å². The van der Waals surface area contributed by atoms with Crippen molar-refractivity contribution in [3.8, 4) is 0 Å². The van der Waals surface area contributed by atoms with Crippen LogP contribution in [0, 0.1) is 0 Å². The lowest BCUT2D eigenvalue weighted by Crippen LogP contribution is -2.26. The molecule has 110 valence electrons. The monoisotopic (exact) mass is 301 g/mol. The lowest BCUT2D eigenvalue weighted by Gasteiger charge is -2.30. The third-order valence-corrected chi connectivity index (χ3v) is 4.18. The van der Waals surface area contributed by atoms with E-state index in [1.165, 1.54) is 11.3 Å². The summed E-state index contributed by atoms with van der Waals surface area (Å²) >= 11 is 6.25. The molecule has 1 aliphatic heterocycles. The van der Waals surface area contributed by atoms with Crippen LogP contribution in [0.15, 0.2) is 36.4 Å². The first-order chi connectivity index (χ1) is 10.3. The van der Waals surface area contributed by atoms with E-state index >= 15 is 0 Å². The lowest BCUT2D eigenvalue weighted by molar-refractivity contribution is 0.706. The smallest absolute Gasteiger partial charge is 0.133 e. The quantitative estimate of drug-likeness (QED) is 0.927. The molecule has 0 unspecified atom stereocenters. The van der Waals surface area contributed by atoms with Gasteiger partial charge in [0.25, 0.3) is 0 Å². The fourth-order valence-electron chi connectivity index (χ4n) is 2.76. The number of benzene rings is 1. The van der Waals surface area contributed by atoms with Crippen molar-refractivity contribution in [1.29, 1.82) is 0 Å². The summed E-state index contributed by atoms with van der Waals surface area (Å²) in [5, 5.41) is 4.02. The molecule has 0 aliphatic carbocycles. The van der Waals surface area contributed by atoms with Gasteiger partial charge in [0.2, 0.25) is 0 Å². The zero-order valence-corrected chi connectivity index (χ0v) is 13.0. The first-order valence-corrected chi connectivity index (χ1v) is 7.89. The number of hydrogen-bond acceptors (Lipinski definition) is 3. The molecule has 1 aromatic carbocycles. The number of nitrogens with one attached hydrogen (secondary N) is 1. The zero-order chi connectivity index (χ0) is 14.7. The van der Waals surface area contributed by atoms with Gasteiger partial charge in [-0.05, 0) is 43.1 Å². The first-order valence-electron chi connectivity index (χ1n) is 7.51. The fraction of sp³-hybridized carbons (Fsp3) is 0.353. The highest BCUT2D eigenvalue weighted by atomic mass is 35.5. The SMILES string of the molecule is CCNCc1nc(N2CCCc3ccccc32)ccc1Cl. The van der Waals surface area contributed by atoms with Gasteiger partial charge >= 0.3 is 0 Å². The molecule has 1 aromatic heterocycles. The predicted molar refractivity (Wildman–Crippen MR) is 88.4 cm³/mol. The van der Waals surface area contributed by atoms with Crippen LogP contribution in [0.4, 0.5) is 11.5 Å². The van der Waals surface area contributed by atoms with Crippen LogP contribution >= 0.6 is 11.6 Å². The predicted octanol–water partition coefficient (Wildman–Crippen LogP) is 3.93. The van der Waals surface area contributed by atoms with Crippen molar-refractivity contribution in [2.45, 2.75) is 26.3 Å². The van der Waals surface area contributed by atoms with E-state index < -0.39 is 0 Å². The van der Waals surface area contributed by atoms with Crippen LogP contribution in [0.2, 0.25) is 5.02 Å². The average Bonchev–Trinajstić information content (AvgIpc) is 2.54. The van der Waals surface area contributed by atoms with E-state index in [2.05, 4.69) is 41.4 Å². The highest BCUT2D eigenvalue weighted by Gasteiger charge is 2.19. The summed E-state index contributed by atoms with van der Waals surface area (Å²) in [6.07, 6.45) is 2.30. The Morgan fingerprint density at radius 2 is 2.10 bits per heavy atom. The Labute approximate surface area is 131 Å². The fourth-order valence-corrected chi connectivity index (χ4v) is 2.93. The molecular weight excluding hydrogens is 282 g/mol. The number of aryl methyl sites for hydroxylation is 1. The van der Waals surface area contributed by atoms with Crippen molar-refractivity contribution in [1.82, 2.24) is 10.3 Å². The third kappa shape index (κ3) is 3.04. The van der Waals surface area contributed by atoms with Crippen LogP contribution in [0.1, 0.15) is 24.6 Å². The van der Waals surface area contributed by atoms with Gasteiger partial charge in [-0.2, -0.15) is 0 Å². The normalized spacial score (nSPS) is 14.1. The van der Waals surface area contributed by atoms with Crippen molar-refractivity contribution in [2.75, 3.05) is 18.0 Å². The summed E-state index contributed by atoms with van der Waals surface area (Å²) in [4.78, 5) is 7.06. The second-order valence-corrected chi connectivity index (χ2v) is 5.67. The van der Waals surface area contributed by atoms with Crippen LogP contribution in [0.3, 0.4) is 0 Å². The summed E-state index contributed by atoms with van der Waals surface area (Å²) in [7, 11) is 0. The van der Waals surface area contributed by atoms with Gasteiger partial charge < -0.3 is 10.2 Å². The van der Waals surface area contributed by atoms with Gasteiger partial charge in [0.1, 0.15) is 5.82 Å². The van der Waals surface area contributed by atoms with Gasteiger partial charge in [0.15, 0.2) is 0 Å². The van der Waals surface area contributed by atoms with Gasteiger partial charge in [-0.1, -0.05) is 36.7 Å². The molecule has 4 heteroatoms. The van der Waals surface area contributed by atoms with Gasteiger partial charge in [-0.15, -0.1) is 0 Å². The Morgan fingerprint density at radius 1 is 1.24 bits per heavy atom. The van der Waals surface area contributed by atoms with Gasteiger partial charge in [-0.3, -0.25) is 0 Å². The third-order valence-electron chi connectivity index (χ3n) is 3.83. The topological polar surface area (TPSA) is 28.2 Å². The van der Waals surface area contributed by atoms with Crippen LogP contribution in [-0.2, 0) is 13.0 Å². The molecule has 0 amide bonds. The Balaban J connectivity index is 1.94. The maximum Gasteiger partial charge on any atom is 0.133 e. The van der Waals surface area contributed by atoms with Crippen LogP contribution < -0.4 is 10.2 Å². The number of nitrogens with zero attached hydrogens (tertiary/aromatic N) is 2. The van der Waals surface area contributed by atoms with E-state index in [4.69, 9.17) is 16.6 Å². The van der Waals surface area contributed by atoms with Crippen molar-refractivity contribution in [2.24, 2.45) is 0 Å². The van der Waals surface area contributed by atoms with E-state index in [0.29, 0.717) is 6.54 Å². The van der Waals surface area contributed by atoms with Crippen LogP contribution in [0.5, 0.6) is 0 Å². The van der Waals surface area contributed by atoms with Gasteiger partial charge in [0, 0.05) is 18.8 Å². The van der Waals surface area contributed by atoms with Crippen LogP contribution in [-0.4, -0.2) is 18.1 Å². The van der Waals surface area contributed by atoms with Crippen LogP contribution in [0.25, 0.3) is 0 Å². The Kier molecular flexibility index (Phi) is 4.42. The van der Waals surface area contributed by atoms with Crippen molar-refractivity contribution >= 4 is 23.1 Å². The molecule has 1 aliphatic rings. The summed E-state index contributed by atoms with van der Waals surface area (Å²) in [5.74, 6) is 0.986. The Bertz CT molecular complexity index is 627. The molecule has 0 saturated heterocycles. The largest absolute Gasteiger partial charge is 0.326 e. The second kappa shape index (κ2) is 6.46. The minimum absolute atomic E-state index is 0.707. The Hall–Kier alpha value is -1.58. The summed E-state index contributed by atoms with van der Waals surface area (Å²) in [5.41, 5.74) is 3.58. The number of anilines is 2. The minimum Gasteiger partial charge on any atom is -0.326 e. The average molecular weight is 302 g/mol. The number of pyridine rings is 1. The van der Waals surface area contributed by atoms with E-state index in [-0.39, 0.29) is 0 Å². The molecule has 0 atom stereocenters. The summed E-state index contributed by atoms with van der Waals surface area (Å²) in [6, 6.07) is 12.5. The minimum atomic E-state index is 0.707. The van der Waals surface area contributed by atoms with Crippen molar-refractivity contribution in [3.63, 3.8) is 0 Å². The highest BCUT2D eigenvalue weighted by Crippen LogP contribution is 2.33. The van der Waals surface area contributed by atoms with Crippen molar-refractivity contribution in [3.05, 3.63) is 52.7 Å². The maximum atomic E-state index is 6.25. The number of rotatable bonds is 4. The summed E-state index contributed by atoms with van der Waals surface area (Å²) in [6.45, 7) is 4.71. The molecule has 0 spiro atoms. The molecule has 0 radical (unpaired) electrons. The van der Waals surface area contributed by atoms with E-state index in [9.17, 15) is 0 Å². The maximum absolute atomic E-state index is 6.25. The second-order valence-electron chi connectivity index (χ2n) is 5.26. The molecule has 0 saturated carbocycles. The number of para-hydroxylation sites is 1. The van der Waals surface area contributed by atoms with E-state index in [1.807, 2.05) is 12.1 Å². The standard InChI is InChI=1S/C17H20ClN3/c1-2-19-12-15-14(18)9-10-17(20-15)21-11-5-7-13-6-3-4-8-16(13)21/h3-4,6,8-10,19H,2,5,7,11-12H2,1H3. The molecule has 2 heterocycles. The van der Waals surface area contributed by atoms with Crippen molar-refractivity contribution < 1.29 is 0 Å². The highest BCUT2D eigenvalue weighted by molar-refractivity contribution is 6.31. The Morgan fingerprint density at radius 3 is 2.95 bits per heavy atom. The molecular formula is C17H20ClN3. The first kappa shape index (κ1) is 14.4. The van der Waals surface area contributed by atoms with E-state index in [1.54, 1.807) is 0 Å². The molecule has 2 aromatic rings. The zero-order valence-electron chi connectivity index (χ0n) is 12.3. The number of aromatic nitrogens is 1. The molecule has 0 fully saturated rings. The molecule has 21 heavy (non-hydrogen) atoms. The number of hydrogen-bond donors (Lipinski definition) is 1. The lowest BCUT2D eigenvalue weighted by atomic mass is 10.0. The molecule has 3 nitrogen and oxygen atoms in total. The number of halogens is 1. The summed E-state index contributed by atoms with van der Waals surface area (Å²) < 4.78 is 0. The molecule has 1 N–H and O–H groups in total. The molecule has 0 bridgehead atoms. The van der Waals surface area contributed by atoms with E-state index in [0.717, 1.165) is 42.5 Å².